The lowest BCUT2D eigenvalue weighted by atomic mass is 9.94. The van der Waals surface area contributed by atoms with Gasteiger partial charge in [0, 0.05) is 24.7 Å². The highest BCUT2D eigenvalue weighted by molar-refractivity contribution is 6.30. The van der Waals surface area contributed by atoms with Gasteiger partial charge in [0.15, 0.2) is 0 Å². The third kappa shape index (κ3) is 2.93. The van der Waals surface area contributed by atoms with E-state index in [9.17, 15) is 4.79 Å². The van der Waals surface area contributed by atoms with Gasteiger partial charge < -0.3 is 10.2 Å². The number of halogens is 1. The van der Waals surface area contributed by atoms with Crippen molar-refractivity contribution in [1.29, 1.82) is 0 Å². The first kappa shape index (κ1) is 13.1. The van der Waals surface area contributed by atoms with Crippen molar-refractivity contribution < 1.29 is 4.79 Å². The smallest absolute Gasteiger partial charge is 0.225 e. The molecule has 5 heteroatoms. The van der Waals surface area contributed by atoms with E-state index < -0.39 is 0 Å². The quantitative estimate of drug-likeness (QED) is 0.892. The molecule has 1 aliphatic rings. The number of aromatic nitrogens is 1. The second kappa shape index (κ2) is 4.76. The van der Waals surface area contributed by atoms with Crippen LogP contribution in [-0.2, 0) is 4.79 Å². The van der Waals surface area contributed by atoms with E-state index >= 15 is 0 Å². The Hall–Kier alpha value is -1.29. The first-order valence-electron chi connectivity index (χ1n) is 6.04. The number of pyridine rings is 1. The molecule has 1 aromatic rings. The molecule has 1 fully saturated rings. The average Bonchev–Trinajstić information content (AvgIpc) is 2.23. The molecule has 4 nitrogen and oxygen atoms in total. The number of carbonyl (C=O) groups is 1. The summed E-state index contributed by atoms with van der Waals surface area (Å²) < 4.78 is 0. The summed E-state index contributed by atoms with van der Waals surface area (Å²) in [5, 5.41) is 3.67. The van der Waals surface area contributed by atoms with Gasteiger partial charge in [-0.2, -0.15) is 0 Å². The summed E-state index contributed by atoms with van der Waals surface area (Å²) in [5.74, 6) is 0.997. The molecule has 98 valence electrons. The summed E-state index contributed by atoms with van der Waals surface area (Å²) >= 11 is 5.79. The van der Waals surface area contributed by atoms with E-state index in [0.717, 1.165) is 18.9 Å². The number of hydrogen-bond donors (Lipinski definition) is 1. The Labute approximate surface area is 112 Å². The van der Waals surface area contributed by atoms with Crippen LogP contribution in [0.4, 0.5) is 5.82 Å². The summed E-state index contributed by atoms with van der Waals surface area (Å²) in [6.45, 7) is 7.35. The molecule has 2 heterocycles. The van der Waals surface area contributed by atoms with E-state index in [4.69, 9.17) is 11.6 Å². The number of anilines is 1. The van der Waals surface area contributed by atoms with Crippen molar-refractivity contribution in [2.24, 2.45) is 5.41 Å². The Bertz CT molecular complexity index is 433. The largest absolute Gasteiger partial charge is 0.352 e. The van der Waals surface area contributed by atoms with Crippen LogP contribution in [0, 0.1) is 5.41 Å². The van der Waals surface area contributed by atoms with Crippen molar-refractivity contribution in [3.8, 4) is 0 Å². The molecular weight excluding hydrogens is 250 g/mol. The molecule has 0 radical (unpaired) electrons. The molecule has 1 aromatic heterocycles. The van der Waals surface area contributed by atoms with Crippen LogP contribution in [0.5, 0.6) is 0 Å². The number of nitrogens with one attached hydrogen (secondary N) is 1. The van der Waals surface area contributed by atoms with E-state index in [1.807, 2.05) is 32.9 Å². The Morgan fingerprint density at radius 3 is 2.61 bits per heavy atom. The molecule has 2 rings (SSSR count). The lowest BCUT2D eigenvalue weighted by Crippen LogP contribution is -2.61. The van der Waals surface area contributed by atoms with Crippen LogP contribution in [0.2, 0.25) is 5.02 Å². The zero-order chi connectivity index (χ0) is 13.3. The Morgan fingerprint density at radius 2 is 2.11 bits per heavy atom. The minimum absolute atomic E-state index is 0.0937. The van der Waals surface area contributed by atoms with Crippen LogP contribution in [-0.4, -0.2) is 30.0 Å². The van der Waals surface area contributed by atoms with E-state index in [0.29, 0.717) is 5.02 Å². The fraction of sp³-hybridized carbons (Fsp3) is 0.538. The van der Waals surface area contributed by atoms with Gasteiger partial charge in [0.25, 0.3) is 0 Å². The molecule has 0 aliphatic carbocycles. The van der Waals surface area contributed by atoms with Crippen molar-refractivity contribution in [3.63, 3.8) is 0 Å². The maximum atomic E-state index is 11.8. The second-order valence-electron chi connectivity index (χ2n) is 5.66. The van der Waals surface area contributed by atoms with Gasteiger partial charge in [-0.25, -0.2) is 4.98 Å². The lowest BCUT2D eigenvalue weighted by molar-refractivity contribution is -0.129. The highest BCUT2D eigenvalue weighted by Gasteiger charge is 2.32. The Balaban J connectivity index is 1.84. The van der Waals surface area contributed by atoms with Crippen molar-refractivity contribution in [2.45, 2.75) is 26.8 Å². The van der Waals surface area contributed by atoms with Gasteiger partial charge in [-0.3, -0.25) is 4.79 Å². The summed E-state index contributed by atoms with van der Waals surface area (Å²) in [5.41, 5.74) is -0.334. The van der Waals surface area contributed by atoms with Gasteiger partial charge in [0.1, 0.15) is 5.82 Å². The minimum Gasteiger partial charge on any atom is -0.352 e. The van der Waals surface area contributed by atoms with Gasteiger partial charge >= 0.3 is 0 Å². The molecule has 1 saturated heterocycles. The molecule has 0 aromatic carbocycles. The van der Waals surface area contributed by atoms with E-state index in [-0.39, 0.29) is 17.4 Å². The summed E-state index contributed by atoms with van der Waals surface area (Å²) in [6, 6.07) is 3.93. The molecule has 1 N–H and O–H groups in total. The van der Waals surface area contributed by atoms with Gasteiger partial charge in [-0.15, -0.1) is 0 Å². The maximum Gasteiger partial charge on any atom is 0.225 e. The minimum atomic E-state index is -0.334. The lowest BCUT2D eigenvalue weighted by Gasteiger charge is -2.41. The summed E-state index contributed by atoms with van der Waals surface area (Å²) in [7, 11) is 0. The molecular formula is C13H18ClN3O. The van der Waals surface area contributed by atoms with Crippen molar-refractivity contribution >= 4 is 23.3 Å². The van der Waals surface area contributed by atoms with Gasteiger partial charge in [-0.05, 0) is 12.1 Å². The van der Waals surface area contributed by atoms with Crippen LogP contribution < -0.4 is 10.2 Å². The van der Waals surface area contributed by atoms with Crippen molar-refractivity contribution in [3.05, 3.63) is 23.4 Å². The second-order valence-corrected chi connectivity index (χ2v) is 6.10. The predicted molar refractivity (Wildman–Crippen MR) is 72.8 cm³/mol. The fourth-order valence-electron chi connectivity index (χ4n) is 1.71. The van der Waals surface area contributed by atoms with Crippen LogP contribution in [0.3, 0.4) is 0 Å². The normalized spacial score (nSPS) is 16.3. The van der Waals surface area contributed by atoms with E-state index in [2.05, 4.69) is 15.2 Å². The Morgan fingerprint density at radius 1 is 1.44 bits per heavy atom. The predicted octanol–water partition coefficient (Wildman–Crippen LogP) is 2.09. The van der Waals surface area contributed by atoms with Crippen LogP contribution >= 0.6 is 11.6 Å². The molecule has 0 atom stereocenters. The zero-order valence-corrected chi connectivity index (χ0v) is 11.7. The van der Waals surface area contributed by atoms with Crippen molar-refractivity contribution in [1.82, 2.24) is 10.3 Å². The molecule has 1 aliphatic heterocycles. The van der Waals surface area contributed by atoms with Gasteiger partial charge in [0.05, 0.1) is 11.1 Å². The highest BCUT2D eigenvalue weighted by Crippen LogP contribution is 2.21. The number of rotatable bonds is 2. The number of nitrogens with zero attached hydrogens (tertiary/aromatic N) is 2. The Kier molecular flexibility index (Phi) is 3.48. The van der Waals surface area contributed by atoms with Crippen LogP contribution in [0.25, 0.3) is 0 Å². The van der Waals surface area contributed by atoms with Crippen molar-refractivity contribution in [2.75, 3.05) is 18.0 Å². The van der Waals surface area contributed by atoms with Crippen LogP contribution in [0.1, 0.15) is 20.8 Å². The maximum absolute atomic E-state index is 11.8. The summed E-state index contributed by atoms with van der Waals surface area (Å²) in [4.78, 5) is 18.2. The topological polar surface area (TPSA) is 45.2 Å². The molecule has 0 bridgehead atoms. The first-order valence-corrected chi connectivity index (χ1v) is 6.41. The third-order valence-corrected chi connectivity index (χ3v) is 3.16. The number of amides is 1. The third-order valence-electron chi connectivity index (χ3n) is 2.93. The molecule has 1 amide bonds. The SMILES string of the molecule is CC(C)(C)C(=O)NC1CN(c2ccc(Cl)cn2)C1. The highest BCUT2D eigenvalue weighted by atomic mass is 35.5. The van der Waals surface area contributed by atoms with Gasteiger partial charge in [-0.1, -0.05) is 32.4 Å². The average molecular weight is 268 g/mol. The fourth-order valence-corrected chi connectivity index (χ4v) is 1.83. The number of hydrogen-bond acceptors (Lipinski definition) is 3. The summed E-state index contributed by atoms with van der Waals surface area (Å²) in [6.07, 6.45) is 1.64. The molecule has 0 saturated carbocycles. The zero-order valence-electron chi connectivity index (χ0n) is 10.9. The molecule has 0 spiro atoms. The monoisotopic (exact) mass is 267 g/mol. The van der Waals surface area contributed by atoms with E-state index in [1.165, 1.54) is 0 Å². The first-order chi connectivity index (χ1) is 8.36. The standard InChI is InChI=1S/C13H18ClN3O/c1-13(2,3)12(18)16-10-7-17(8-10)11-5-4-9(14)6-15-11/h4-6,10H,7-8H2,1-3H3,(H,16,18). The van der Waals surface area contributed by atoms with Crippen LogP contribution in [0.15, 0.2) is 18.3 Å². The molecule has 0 unspecified atom stereocenters. The molecule has 18 heavy (non-hydrogen) atoms. The van der Waals surface area contributed by atoms with Gasteiger partial charge in [0.2, 0.25) is 5.91 Å². The van der Waals surface area contributed by atoms with E-state index in [1.54, 1.807) is 6.20 Å². The number of carbonyl (C=O) groups excluding carboxylic acids is 1.